The van der Waals surface area contributed by atoms with E-state index in [4.69, 9.17) is 0 Å². The van der Waals surface area contributed by atoms with Crippen LogP contribution in [0.3, 0.4) is 0 Å². The molecule has 1 N–H and O–H groups in total. The van der Waals surface area contributed by atoms with Crippen LogP contribution in [0.2, 0.25) is 0 Å². The molecule has 1 aliphatic rings. The third-order valence-electron chi connectivity index (χ3n) is 4.32. The molecule has 1 saturated carbocycles. The minimum atomic E-state index is 0.397. The molecule has 2 aromatic heterocycles. The molecule has 3 heteroatoms. The average molecular weight is 306 g/mol. The van der Waals surface area contributed by atoms with E-state index in [1.165, 1.54) is 41.9 Å². The van der Waals surface area contributed by atoms with E-state index in [2.05, 4.69) is 47.3 Å². The number of hydrogen-bond donors (Lipinski definition) is 1. The second-order valence-corrected chi connectivity index (χ2v) is 7.90. The summed E-state index contributed by atoms with van der Waals surface area (Å²) in [5.74, 6) is 0.906. The summed E-state index contributed by atoms with van der Waals surface area (Å²) in [5, 5.41) is 8.32. The first-order chi connectivity index (χ1) is 9.83. The molecule has 2 heterocycles. The molecule has 3 rings (SSSR count). The standard InChI is InChI=1S/C17H23NS2/c1-13-5-2-6-14(10-9-13)18-17(15-7-3-11-19-15)16-8-4-12-20-16/h3-4,7-8,11-14,17-18H,2,5-6,9-10H2,1H3. The van der Waals surface area contributed by atoms with Crippen molar-refractivity contribution < 1.29 is 0 Å². The van der Waals surface area contributed by atoms with E-state index in [1.54, 1.807) is 0 Å². The summed E-state index contributed by atoms with van der Waals surface area (Å²) in [7, 11) is 0. The van der Waals surface area contributed by atoms with Gasteiger partial charge in [-0.2, -0.15) is 0 Å². The highest BCUT2D eigenvalue weighted by atomic mass is 32.1. The van der Waals surface area contributed by atoms with Gasteiger partial charge in [-0.05, 0) is 48.1 Å². The normalized spacial score (nSPS) is 23.9. The van der Waals surface area contributed by atoms with Gasteiger partial charge < -0.3 is 5.32 Å². The van der Waals surface area contributed by atoms with Crippen molar-refractivity contribution in [3.63, 3.8) is 0 Å². The van der Waals surface area contributed by atoms with Crippen LogP contribution in [0.15, 0.2) is 35.0 Å². The highest BCUT2D eigenvalue weighted by molar-refractivity contribution is 7.11. The monoisotopic (exact) mass is 305 g/mol. The first-order valence-corrected chi connectivity index (χ1v) is 9.41. The molecule has 2 atom stereocenters. The Morgan fingerprint density at radius 2 is 1.70 bits per heavy atom. The summed E-state index contributed by atoms with van der Waals surface area (Å²) in [4.78, 5) is 2.90. The molecular weight excluding hydrogens is 282 g/mol. The molecule has 0 aromatic carbocycles. The second kappa shape index (κ2) is 6.88. The summed E-state index contributed by atoms with van der Waals surface area (Å²) in [5.41, 5.74) is 0. The summed E-state index contributed by atoms with van der Waals surface area (Å²) < 4.78 is 0. The summed E-state index contributed by atoms with van der Waals surface area (Å²) in [6.45, 7) is 2.40. The van der Waals surface area contributed by atoms with E-state index in [-0.39, 0.29) is 0 Å². The second-order valence-electron chi connectivity index (χ2n) is 5.94. The van der Waals surface area contributed by atoms with E-state index < -0.39 is 0 Å². The van der Waals surface area contributed by atoms with Crippen molar-refractivity contribution in [1.82, 2.24) is 5.32 Å². The minimum Gasteiger partial charge on any atom is -0.302 e. The first kappa shape index (κ1) is 14.3. The number of hydrogen-bond acceptors (Lipinski definition) is 3. The third-order valence-corrected chi connectivity index (χ3v) is 6.19. The summed E-state index contributed by atoms with van der Waals surface area (Å²) in [6, 6.07) is 9.93. The summed E-state index contributed by atoms with van der Waals surface area (Å²) >= 11 is 3.74. The van der Waals surface area contributed by atoms with Gasteiger partial charge in [-0.1, -0.05) is 31.9 Å². The molecule has 1 aliphatic carbocycles. The maximum Gasteiger partial charge on any atom is 0.0766 e. The van der Waals surface area contributed by atoms with Crippen molar-refractivity contribution in [2.45, 2.75) is 51.1 Å². The van der Waals surface area contributed by atoms with Gasteiger partial charge in [-0.25, -0.2) is 0 Å². The van der Waals surface area contributed by atoms with E-state index in [1.807, 2.05) is 22.7 Å². The maximum atomic E-state index is 3.94. The van der Waals surface area contributed by atoms with Crippen LogP contribution in [-0.2, 0) is 0 Å². The van der Waals surface area contributed by atoms with Crippen molar-refractivity contribution in [1.29, 1.82) is 0 Å². The van der Waals surface area contributed by atoms with Crippen molar-refractivity contribution in [3.8, 4) is 0 Å². The van der Waals surface area contributed by atoms with Gasteiger partial charge in [0.25, 0.3) is 0 Å². The highest BCUT2D eigenvalue weighted by Crippen LogP contribution is 2.32. The van der Waals surface area contributed by atoms with E-state index >= 15 is 0 Å². The van der Waals surface area contributed by atoms with Gasteiger partial charge in [-0.15, -0.1) is 22.7 Å². The Bertz CT molecular complexity index is 455. The lowest BCUT2D eigenvalue weighted by atomic mass is 10.0. The Morgan fingerprint density at radius 1 is 1.00 bits per heavy atom. The van der Waals surface area contributed by atoms with Gasteiger partial charge in [0.05, 0.1) is 6.04 Å². The largest absolute Gasteiger partial charge is 0.302 e. The topological polar surface area (TPSA) is 12.0 Å². The smallest absolute Gasteiger partial charge is 0.0766 e. The Kier molecular flexibility index (Phi) is 4.92. The van der Waals surface area contributed by atoms with Gasteiger partial charge in [-0.3, -0.25) is 0 Å². The molecule has 20 heavy (non-hydrogen) atoms. The molecule has 0 bridgehead atoms. The highest BCUT2D eigenvalue weighted by Gasteiger charge is 2.22. The Balaban J connectivity index is 1.73. The Labute approximate surface area is 130 Å². The van der Waals surface area contributed by atoms with Crippen molar-refractivity contribution in [3.05, 3.63) is 44.8 Å². The lowest BCUT2D eigenvalue weighted by molar-refractivity contribution is 0.424. The molecule has 0 spiro atoms. The molecular formula is C17H23NS2. The van der Waals surface area contributed by atoms with E-state index in [0.29, 0.717) is 12.1 Å². The zero-order chi connectivity index (χ0) is 13.8. The quantitative estimate of drug-likeness (QED) is 0.740. The molecule has 1 nitrogen and oxygen atoms in total. The SMILES string of the molecule is CC1CCCC(NC(c2cccs2)c2cccs2)CC1. The minimum absolute atomic E-state index is 0.397. The predicted molar refractivity (Wildman–Crippen MR) is 89.7 cm³/mol. The number of nitrogens with one attached hydrogen (secondary N) is 1. The number of rotatable bonds is 4. The molecule has 1 fully saturated rings. The molecule has 2 aromatic rings. The van der Waals surface area contributed by atoms with Crippen LogP contribution >= 0.6 is 22.7 Å². The Morgan fingerprint density at radius 3 is 2.30 bits per heavy atom. The number of thiophene rings is 2. The van der Waals surface area contributed by atoms with Gasteiger partial charge in [0.15, 0.2) is 0 Å². The van der Waals surface area contributed by atoms with Crippen molar-refractivity contribution >= 4 is 22.7 Å². The fraction of sp³-hybridized carbons (Fsp3) is 0.529. The lowest BCUT2D eigenvalue weighted by Crippen LogP contribution is -2.32. The fourth-order valence-electron chi connectivity index (χ4n) is 3.10. The summed E-state index contributed by atoms with van der Waals surface area (Å²) in [6.07, 6.45) is 6.81. The van der Waals surface area contributed by atoms with Gasteiger partial charge >= 0.3 is 0 Å². The van der Waals surface area contributed by atoms with Crippen molar-refractivity contribution in [2.75, 3.05) is 0 Å². The van der Waals surface area contributed by atoms with E-state index in [9.17, 15) is 0 Å². The first-order valence-electron chi connectivity index (χ1n) is 7.66. The molecule has 0 saturated heterocycles. The average Bonchev–Trinajstić information content (AvgIpc) is 3.11. The van der Waals surface area contributed by atoms with Gasteiger partial charge in [0.2, 0.25) is 0 Å². The van der Waals surface area contributed by atoms with Crippen LogP contribution in [-0.4, -0.2) is 6.04 Å². The zero-order valence-electron chi connectivity index (χ0n) is 12.0. The third kappa shape index (κ3) is 3.51. The predicted octanol–water partition coefficient (Wildman–Crippen LogP) is 5.46. The van der Waals surface area contributed by atoms with Gasteiger partial charge in [0, 0.05) is 15.8 Å². The maximum absolute atomic E-state index is 3.94. The zero-order valence-corrected chi connectivity index (χ0v) is 13.7. The Hall–Kier alpha value is -0.640. The molecule has 0 aliphatic heterocycles. The van der Waals surface area contributed by atoms with Crippen LogP contribution in [0.4, 0.5) is 0 Å². The molecule has 2 unspecified atom stereocenters. The van der Waals surface area contributed by atoms with Crippen LogP contribution in [0.25, 0.3) is 0 Å². The van der Waals surface area contributed by atoms with Crippen LogP contribution < -0.4 is 5.32 Å². The fourth-order valence-corrected chi connectivity index (χ4v) is 4.78. The van der Waals surface area contributed by atoms with Crippen LogP contribution in [0.5, 0.6) is 0 Å². The lowest BCUT2D eigenvalue weighted by Gasteiger charge is -2.23. The van der Waals surface area contributed by atoms with E-state index in [0.717, 1.165) is 5.92 Å². The van der Waals surface area contributed by atoms with Crippen LogP contribution in [0.1, 0.15) is 54.8 Å². The van der Waals surface area contributed by atoms with Crippen molar-refractivity contribution in [2.24, 2.45) is 5.92 Å². The van der Waals surface area contributed by atoms with Gasteiger partial charge in [0.1, 0.15) is 0 Å². The molecule has 0 radical (unpaired) electrons. The van der Waals surface area contributed by atoms with Crippen LogP contribution in [0, 0.1) is 5.92 Å². The molecule has 108 valence electrons. The molecule has 0 amide bonds.